The zero-order valence-corrected chi connectivity index (χ0v) is 12.7. The van der Waals surface area contributed by atoms with Gasteiger partial charge in [0, 0.05) is 4.88 Å². The van der Waals surface area contributed by atoms with E-state index in [-0.39, 0.29) is 5.91 Å². The van der Waals surface area contributed by atoms with Gasteiger partial charge in [-0.2, -0.15) is 0 Å². The third-order valence-electron chi connectivity index (χ3n) is 3.62. The number of hydrogen-bond acceptors (Lipinski definition) is 3. The van der Waals surface area contributed by atoms with Crippen LogP contribution in [0.4, 0.5) is 0 Å². The maximum absolute atomic E-state index is 12.1. The van der Waals surface area contributed by atoms with Crippen LogP contribution in [0.3, 0.4) is 0 Å². The zero-order valence-electron chi connectivity index (χ0n) is 11.9. The number of rotatable bonds is 5. The van der Waals surface area contributed by atoms with Gasteiger partial charge in [0.15, 0.2) is 0 Å². The molecule has 21 heavy (non-hydrogen) atoms. The number of amides is 1. The van der Waals surface area contributed by atoms with Crippen LogP contribution in [0.15, 0.2) is 36.4 Å². The van der Waals surface area contributed by atoms with Crippen LogP contribution < -0.4 is 10.1 Å². The maximum atomic E-state index is 12.1. The SMILES string of the molecule is O=C(NCCOc1ccccc1)c1cc2c(s1)CCCC2. The topological polar surface area (TPSA) is 38.3 Å². The molecule has 0 atom stereocenters. The molecule has 2 aromatic rings. The van der Waals surface area contributed by atoms with E-state index in [1.807, 2.05) is 30.3 Å². The number of hydrogen-bond donors (Lipinski definition) is 1. The van der Waals surface area contributed by atoms with Gasteiger partial charge in [-0.25, -0.2) is 0 Å². The molecule has 1 aromatic carbocycles. The lowest BCUT2D eigenvalue weighted by atomic mass is 9.99. The molecule has 1 amide bonds. The summed E-state index contributed by atoms with van der Waals surface area (Å²) < 4.78 is 5.56. The Morgan fingerprint density at radius 2 is 2.00 bits per heavy atom. The van der Waals surface area contributed by atoms with E-state index in [1.165, 1.54) is 23.3 Å². The molecular formula is C17H19NO2S. The highest BCUT2D eigenvalue weighted by Gasteiger charge is 2.16. The Bertz CT molecular complexity index is 583. The van der Waals surface area contributed by atoms with Gasteiger partial charge in [-0.3, -0.25) is 4.79 Å². The number of para-hydroxylation sites is 1. The van der Waals surface area contributed by atoms with Crippen LogP contribution in [0.2, 0.25) is 0 Å². The van der Waals surface area contributed by atoms with Crippen LogP contribution in [-0.2, 0) is 12.8 Å². The summed E-state index contributed by atoms with van der Waals surface area (Å²) in [5.74, 6) is 0.851. The van der Waals surface area contributed by atoms with Crippen LogP contribution >= 0.6 is 11.3 Å². The normalized spacial score (nSPS) is 13.5. The average molecular weight is 301 g/mol. The second kappa shape index (κ2) is 6.76. The molecule has 1 aromatic heterocycles. The molecular weight excluding hydrogens is 282 g/mol. The van der Waals surface area contributed by atoms with Crippen LogP contribution in [-0.4, -0.2) is 19.1 Å². The van der Waals surface area contributed by atoms with Gasteiger partial charge in [0.2, 0.25) is 0 Å². The number of carbonyl (C=O) groups is 1. The first-order valence-corrected chi connectivity index (χ1v) is 8.22. The summed E-state index contributed by atoms with van der Waals surface area (Å²) in [6, 6.07) is 11.7. The first-order chi connectivity index (χ1) is 10.3. The van der Waals surface area contributed by atoms with Crippen molar-refractivity contribution in [2.45, 2.75) is 25.7 Å². The molecule has 0 fully saturated rings. The van der Waals surface area contributed by atoms with Crippen molar-refractivity contribution in [1.29, 1.82) is 0 Å². The van der Waals surface area contributed by atoms with Crippen LogP contribution in [0.25, 0.3) is 0 Å². The highest BCUT2D eigenvalue weighted by atomic mass is 32.1. The fourth-order valence-corrected chi connectivity index (χ4v) is 3.71. The molecule has 110 valence electrons. The number of thiophene rings is 1. The highest BCUT2D eigenvalue weighted by molar-refractivity contribution is 7.14. The molecule has 1 aliphatic carbocycles. The molecule has 0 bridgehead atoms. The highest BCUT2D eigenvalue weighted by Crippen LogP contribution is 2.29. The van der Waals surface area contributed by atoms with Gasteiger partial charge in [-0.15, -0.1) is 11.3 Å². The molecule has 0 saturated carbocycles. The largest absolute Gasteiger partial charge is 0.492 e. The van der Waals surface area contributed by atoms with E-state index in [0.29, 0.717) is 13.2 Å². The first-order valence-electron chi connectivity index (χ1n) is 7.40. The molecule has 0 aliphatic heterocycles. The number of nitrogens with one attached hydrogen (secondary N) is 1. The summed E-state index contributed by atoms with van der Waals surface area (Å²) in [6.45, 7) is 1.01. The lowest BCUT2D eigenvalue weighted by Gasteiger charge is -2.08. The predicted molar refractivity (Wildman–Crippen MR) is 85.2 cm³/mol. The van der Waals surface area contributed by atoms with Crippen molar-refractivity contribution in [2.75, 3.05) is 13.2 Å². The van der Waals surface area contributed by atoms with Crippen molar-refractivity contribution in [2.24, 2.45) is 0 Å². The Labute approximate surface area is 129 Å². The Kier molecular flexibility index (Phi) is 4.55. The van der Waals surface area contributed by atoms with Crippen LogP contribution in [0.5, 0.6) is 5.75 Å². The van der Waals surface area contributed by atoms with Gasteiger partial charge >= 0.3 is 0 Å². The maximum Gasteiger partial charge on any atom is 0.261 e. The first kappa shape index (κ1) is 14.1. The van der Waals surface area contributed by atoms with Gasteiger partial charge in [0.05, 0.1) is 11.4 Å². The Morgan fingerprint density at radius 3 is 2.81 bits per heavy atom. The van der Waals surface area contributed by atoms with Gasteiger partial charge in [0.1, 0.15) is 12.4 Å². The smallest absolute Gasteiger partial charge is 0.261 e. The summed E-state index contributed by atoms with van der Waals surface area (Å²) in [4.78, 5) is 14.3. The number of carbonyl (C=O) groups excluding carboxylic acids is 1. The van der Waals surface area contributed by atoms with Gasteiger partial charge in [-0.05, 0) is 49.4 Å². The lowest BCUT2D eigenvalue weighted by Crippen LogP contribution is -2.27. The number of aryl methyl sites for hydroxylation is 2. The summed E-state index contributed by atoms with van der Waals surface area (Å²) in [5, 5.41) is 2.92. The predicted octanol–water partition coefficient (Wildman–Crippen LogP) is 3.44. The molecule has 1 aliphatic rings. The Hall–Kier alpha value is -1.81. The van der Waals surface area contributed by atoms with E-state index < -0.39 is 0 Å². The average Bonchev–Trinajstić information content (AvgIpc) is 2.96. The van der Waals surface area contributed by atoms with Crippen molar-refractivity contribution in [1.82, 2.24) is 5.32 Å². The van der Waals surface area contributed by atoms with Crippen LogP contribution in [0.1, 0.15) is 33.0 Å². The molecule has 3 rings (SSSR count). The quantitative estimate of drug-likeness (QED) is 0.859. The third kappa shape index (κ3) is 3.64. The minimum absolute atomic E-state index is 0.0195. The molecule has 0 unspecified atom stereocenters. The lowest BCUT2D eigenvalue weighted by molar-refractivity contribution is 0.0951. The summed E-state index contributed by atoms with van der Waals surface area (Å²) in [5.41, 5.74) is 1.37. The van der Waals surface area contributed by atoms with E-state index in [0.717, 1.165) is 23.5 Å². The minimum Gasteiger partial charge on any atom is -0.492 e. The van der Waals surface area contributed by atoms with E-state index in [4.69, 9.17) is 4.74 Å². The van der Waals surface area contributed by atoms with E-state index in [1.54, 1.807) is 11.3 Å². The minimum atomic E-state index is 0.0195. The number of benzene rings is 1. The monoisotopic (exact) mass is 301 g/mol. The van der Waals surface area contributed by atoms with Crippen molar-refractivity contribution in [3.05, 3.63) is 51.7 Å². The molecule has 1 N–H and O–H groups in total. The van der Waals surface area contributed by atoms with Gasteiger partial charge < -0.3 is 10.1 Å². The van der Waals surface area contributed by atoms with E-state index >= 15 is 0 Å². The number of fused-ring (bicyclic) bond motifs is 1. The molecule has 1 heterocycles. The van der Waals surface area contributed by atoms with E-state index in [2.05, 4.69) is 11.4 Å². The van der Waals surface area contributed by atoms with Gasteiger partial charge in [-0.1, -0.05) is 18.2 Å². The molecule has 0 radical (unpaired) electrons. The summed E-state index contributed by atoms with van der Waals surface area (Å²) >= 11 is 1.64. The second-order valence-corrected chi connectivity index (χ2v) is 6.32. The van der Waals surface area contributed by atoms with Crippen molar-refractivity contribution in [3.63, 3.8) is 0 Å². The Balaban J connectivity index is 1.47. The van der Waals surface area contributed by atoms with E-state index in [9.17, 15) is 4.79 Å². The molecule has 4 heteroatoms. The van der Waals surface area contributed by atoms with Gasteiger partial charge in [0.25, 0.3) is 5.91 Å². The second-order valence-electron chi connectivity index (χ2n) is 5.18. The molecule has 0 saturated heterocycles. The van der Waals surface area contributed by atoms with Crippen molar-refractivity contribution in [3.8, 4) is 5.75 Å². The molecule has 0 spiro atoms. The van der Waals surface area contributed by atoms with Crippen LogP contribution in [0, 0.1) is 0 Å². The summed E-state index contributed by atoms with van der Waals surface area (Å²) in [6.07, 6.45) is 4.75. The number of ether oxygens (including phenoxy) is 1. The fraction of sp³-hybridized carbons (Fsp3) is 0.353. The van der Waals surface area contributed by atoms with Crippen molar-refractivity contribution < 1.29 is 9.53 Å². The standard InChI is InChI=1S/C17H19NO2S/c19-17(16-12-13-6-4-5-9-15(13)21-16)18-10-11-20-14-7-2-1-3-8-14/h1-3,7-8,12H,4-6,9-11H2,(H,18,19). The third-order valence-corrected chi connectivity index (χ3v) is 4.86. The zero-order chi connectivity index (χ0) is 14.5. The van der Waals surface area contributed by atoms with Crippen molar-refractivity contribution >= 4 is 17.2 Å². The fourth-order valence-electron chi connectivity index (χ4n) is 2.54. The Morgan fingerprint density at radius 1 is 1.19 bits per heavy atom. The summed E-state index contributed by atoms with van der Waals surface area (Å²) in [7, 11) is 0. The molecule has 3 nitrogen and oxygen atoms in total.